The van der Waals surface area contributed by atoms with Gasteiger partial charge in [0, 0.05) is 43.5 Å². The van der Waals surface area contributed by atoms with Gasteiger partial charge in [-0.2, -0.15) is 0 Å². The van der Waals surface area contributed by atoms with Gasteiger partial charge in [-0.3, -0.25) is 4.79 Å². The number of likely N-dealkylation sites (N-methyl/N-ethyl adjacent to an activating group) is 1. The van der Waals surface area contributed by atoms with Crippen LogP contribution in [0.25, 0.3) is 0 Å². The number of nitrogens with zero attached hydrogens (tertiary/aromatic N) is 4. The van der Waals surface area contributed by atoms with Crippen molar-refractivity contribution in [1.82, 2.24) is 19.8 Å². The van der Waals surface area contributed by atoms with E-state index in [1.165, 1.54) is 5.56 Å². The standard InChI is InChI=1S/C21H26N4O3/c1-24-11-9-15-14(13-24)12-22-20(23-15)16-6-5-10-25(16)21(26)19-17(27-2)7-4-8-18(19)28-3/h4,7-8,12,16H,5-6,9-11,13H2,1-3H3/t16-/m1/s1. The largest absolute Gasteiger partial charge is 0.496 e. The third-order valence-corrected chi connectivity index (χ3v) is 5.60. The summed E-state index contributed by atoms with van der Waals surface area (Å²) >= 11 is 0. The van der Waals surface area contributed by atoms with Gasteiger partial charge in [0.25, 0.3) is 5.91 Å². The first-order valence-corrected chi connectivity index (χ1v) is 9.67. The van der Waals surface area contributed by atoms with E-state index in [-0.39, 0.29) is 11.9 Å². The Bertz CT molecular complexity index is 864. The van der Waals surface area contributed by atoms with E-state index in [0.717, 1.165) is 43.9 Å². The minimum absolute atomic E-state index is 0.0992. The van der Waals surface area contributed by atoms with Crippen molar-refractivity contribution in [2.75, 3.05) is 34.4 Å². The van der Waals surface area contributed by atoms with E-state index >= 15 is 0 Å². The van der Waals surface area contributed by atoms with E-state index in [2.05, 4.69) is 16.9 Å². The molecule has 4 rings (SSSR count). The van der Waals surface area contributed by atoms with Crippen LogP contribution >= 0.6 is 0 Å². The number of ether oxygens (including phenoxy) is 2. The molecular weight excluding hydrogens is 356 g/mol. The molecule has 1 atom stereocenters. The summed E-state index contributed by atoms with van der Waals surface area (Å²) in [6, 6.07) is 5.27. The quantitative estimate of drug-likeness (QED) is 0.809. The lowest BCUT2D eigenvalue weighted by Crippen LogP contribution is -2.33. The number of benzene rings is 1. The van der Waals surface area contributed by atoms with Gasteiger partial charge in [0.1, 0.15) is 17.1 Å². The van der Waals surface area contributed by atoms with Crippen LogP contribution in [-0.2, 0) is 13.0 Å². The number of hydrogen-bond acceptors (Lipinski definition) is 6. The second-order valence-electron chi connectivity index (χ2n) is 7.38. The van der Waals surface area contributed by atoms with E-state index in [9.17, 15) is 4.79 Å². The molecule has 1 aromatic carbocycles. The van der Waals surface area contributed by atoms with Crippen LogP contribution in [0.5, 0.6) is 11.5 Å². The van der Waals surface area contributed by atoms with Gasteiger partial charge >= 0.3 is 0 Å². The molecule has 2 aromatic rings. The minimum atomic E-state index is -0.118. The first-order valence-electron chi connectivity index (χ1n) is 9.67. The zero-order valence-electron chi connectivity index (χ0n) is 16.6. The van der Waals surface area contributed by atoms with Gasteiger partial charge in [-0.1, -0.05) is 6.07 Å². The number of likely N-dealkylation sites (tertiary alicyclic amines) is 1. The normalized spacial score (nSPS) is 19.4. The van der Waals surface area contributed by atoms with Crippen LogP contribution in [0.4, 0.5) is 0 Å². The zero-order chi connectivity index (χ0) is 19.7. The highest BCUT2D eigenvalue weighted by atomic mass is 16.5. The SMILES string of the molecule is COc1cccc(OC)c1C(=O)N1CCC[C@@H]1c1ncc2c(n1)CCN(C)C2. The maximum atomic E-state index is 13.4. The molecule has 148 valence electrons. The van der Waals surface area contributed by atoms with Crippen LogP contribution in [0.2, 0.25) is 0 Å². The highest BCUT2D eigenvalue weighted by Gasteiger charge is 2.35. The molecule has 7 nitrogen and oxygen atoms in total. The second kappa shape index (κ2) is 7.75. The van der Waals surface area contributed by atoms with Gasteiger partial charge in [-0.25, -0.2) is 9.97 Å². The van der Waals surface area contributed by atoms with Gasteiger partial charge in [-0.15, -0.1) is 0 Å². The third-order valence-electron chi connectivity index (χ3n) is 5.60. The molecule has 1 aromatic heterocycles. The van der Waals surface area contributed by atoms with E-state index in [4.69, 9.17) is 14.5 Å². The minimum Gasteiger partial charge on any atom is -0.496 e. The van der Waals surface area contributed by atoms with Gasteiger partial charge < -0.3 is 19.3 Å². The van der Waals surface area contributed by atoms with Crippen molar-refractivity contribution in [3.63, 3.8) is 0 Å². The molecule has 0 N–H and O–H groups in total. The third kappa shape index (κ3) is 3.30. The highest BCUT2D eigenvalue weighted by Crippen LogP contribution is 2.36. The molecule has 3 heterocycles. The molecule has 0 unspecified atom stereocenters. The molecule has 1 amide bonds. The van der Waals surface area contributed by atoms with Crippen LogP contribution < -0.4 is 9.47 Å². The van der Waals surface area contributed by atoms with Crippen LogP contribution in [-0.4, -0.2) is 60.0 Å². The number of aromatic nitrogens is 2. The van der Waals surface area contributed by atoms with Crippen LogP contribution in [0.3, 0.4) is 0 Å². The summed E-state index contributed by atoms with van der Waals surface area (Å²) in [5.41, 5.74) is 2.75. The molecule has 7 heteroatoms. The van der Waals surface area contributed by atoms with Crippen molar-refractivity contribution in [2.24, 2.45) is 0 Å². The van der Waals surface area contributed by atoms with E-state index in [1.807, 2.05) is 17.2 Å². The smallest absolute Gasteiger partial charge is 0.262 e. The van der Waals surface area contributed by atoms with Crippen molar-refractivity contribution >= 4 is 5.91 Å². The molecule has 28 heavy (non-hydrogen) atoms. The molecule has 0 bridgehead atoms. The molecule has 0 saturated carbocycles. The fourth-order valence-electron chi connectivity index (χ4n) is 4.12. The number of fused-ring (bicyclic) bond motifs is 1. The number of carbonyl (C=O) groups excluding carboxylic acids is 1. The van der Waals surface area contributed by atoms with Crippen molar-refractivity contribution < 1.29 is 14.3 Å². The maximum absolute atomic E-state index is 13.4. The van der Waals surface area contributed by atoms with Crippen LogP contribution in [0, 0.1) is 0 Å². The lowest BCUT2D eigenvalue weighted by Gasteiger charge is -2.27. The average Bonchev–Trinajstić information content (AvgIpc) is 3.22. The van der Waals surface area contributed by atoms with Crippen LogP contribution in [0.15, 0.2) is 24.4 Å². The number of hydrogen-bond donors (Lipinski definition) is 0. The second-order valence-corrected chi connectivity index (χ2v) is 7.38. The van der Waals surface area contributed by atoms with Crippen molar-refractivity contribution in [1.29, 1.82) is 0 Å². The lowest BCUT2D eigenvalue weighted by molar-refractivity contribution is 0.0722. The predicted molar refractivity (Wildman–Crippen MR) is 105 cm³/mol. The summed E-state index contributed by atoms with van der Waals surface area (Å²) in [5.74, 6) is 1.68. The Morgan fingerprint density at radius 2 is 1.93 bits per heavy atom. The topological polar surface area (TPSA) is 67.8 Å². The molecule has 1 saturated heterocycles. The Balaban J connectivity index is 1.65. The molecule has 0 radical (unpaired) electrons. The Morgan fingerprint density at radius 3 is 2.64 bits per heavy atom. The van der Waals surface area contributed by atoms with E-state index in [0.29, 0.717) is 23.6 Å². The predicted octanol–water partition coefficient (Wildman–Crippen LogP) is 2.46. The van der Waals surface area contributed by atoms with Crippen molar-refractivity contribution in [3.8, 4) is 11.5 Å². The Labute approximate surface area is 165 Å². The molecular formula is C21H26N4O3. The summed E-state index contributed by atoms with van der Waals surface area (Å²) in [6.07, 6.45) is 4.64. The fraction of sp³-hybridized carbons (Fsp3) is 0.476. The van der Waals surface area contributed by atoms with Gasteiger partial charge in [-0.05, 0) is 32.0 Å². The average molecular weight is 382 g/mol. The molecule has 0 aliphatic carbocycles. The lowest BCUT2D eigenvalue weighted by atomic mass is 10.1. The zero-order valence-corrected chi connectivity index (χ0v) is 16.6. The Morgan fingerprint density at radius 1 is 1.18 bits per heavy atom. The Hall–Kier alpha value is -2.67. The summed E-state index contributed by atoms with van der Waals surface area (Å²) < 4.78 is 10.9. The first kappa shape index (κ1) is 18.7. The highest BCUT2D eigenvalue weighted by molar-refractivity contribution is 6.00. The van der Waals surface area contributed by atoms with Crippen LogP contribution in [0.1, 0.15) is 46.3 Å². The molecule has 2 aliphatic rings. The molecule has 1 fully saturated rings. The summed E-state index contributed by atoms with van der Waals surface area (Å²) in [7, 11) is 5.24. The number of amides is 1. The maximum Gasteiger partial charge on any atom is 0.262 e. The summed E-state index contributed by atoms with van der Waals surface area (Å²) in [4.78, 5) is 27.0. The Kier molecular flexibility index (Phi) is 5.17. The summed E-state index contributed by atoms with van der Waals surface area (Å²) in [6.45, 7) is 2.55. The fourth-order valence-corrected chi connectivity index (χ4v) is 4.12. The van der Waals surface area contributed by atoms with Crippen molar-refractivity contribution in [3.05, 3.63) is 47.0 Å². The van der Waals surface area contributed by atoms with E-state index < -0.39 is 0 Å². The molecule has 2 aliphatic heterocycles. The monoisotopic (exact) mass is 382 g/mol. The van der Waals surface area contributed by atoms with Gasteiger partial charge in [0.2, 0.25) is 0 Å². The van der Waals surface area contributed by atoms with E-state index in [1.54, 1.807) is 26.4 Å². The number of carbonyl (C=O) groups is 1. The van der Waals surface area contributed by atoms with Crippen molar-refractivity contribution in [2.45, 2.75) is 31.8 Å². The number of rotatable bonds is 4. The number of methoxy groups -OCH3 is 2. The van der Waals surface area contributed by atoms with Gasteiger partial charge in [0.15, 0.2) is 5.82 Å². The summed E-state index contributed by atoms with van der Waals surface area (Å²) in [5, 5.41) is 0. The van der Waals surface area contributed by atoms with Gasteiger partial charge in [0.05, 0.1) is 20.3 Å². The first-order chi connectivity index (χ1) is 13.6. The molecule has 0 spiro atoms.